The van der Waals surface area contributed by atoms with Crippen LogP contribution in [0, 0.1) is 12.8 Å². The fraction of sp³-hybridized carbons (Fsp3) is 0.375. The molecule has 3 heteroatoms. The van der Waals surface area contributed by atoms with Crippen molar-refractivity contribution in [3.8, 4) is 0 Å². The highest BCUT2D eigenvalue weighted by atomic mass is 32.2. The number of hydrogen-bond donors (Lipinski definition) is 0. The Hall–Kier alpha value is -1.84. The number of fused-ring (bicyclic) bond motifs is 1. The lowest BCUT2D eigenvalue weighted by molar-refractivity contribution is 0.176. The summed E-state index contributed by atoms with van der Waals surface area (Å²) in [5, 5.41) is 2.47. The van der Waals surface area contributed by atoms with Gasteiger partial charge in [0.25, 0.3) is 0 Å². The molecule has 2 aromatic carbocycles. The molecule has 0 amide bonds. The van der Waals surface area contributed by atoms with E-state index in [-0.39, 0.29) is 0 Å². The van der Waals surface area contributed by atoms with E-state index < -0.39 is 0 Å². The van der Waals surface area contributed by atoms with Gasteiger partial charge in [0.1, 0.15) is 0 Å². The van der Waals surface area contributed by atoms with Crippen molar-refractivity contribution >= 4 is 22.5 Å². The molecule has 0 saturated carbocycles. The second-order valence-corrected chi connectivity index (χ2v) is 8.44. The van der Waals surface area contributed by atoms with Crippen LogP contribution in [0.3, 0.4) is 0 Å². The Balaban J connectivity index is 0.000000166. The fourth-order valence-electron chi connectivity index (χ4n) is 3.62. The lowest BCUT2D eigenvalue weighted by Crippen LogP contribution is -2.33. The van der Waals surface area contributed by atoms with Crippen LogP contribution >= 0.6 is 11.8 Å². The third-order valence-electron chi connectivity index (χ3n) is 5.10. The quantitative estimate of drug-likeness (QED) is 0.506. The number of pyridine rings is 1. The minimum Gasteiger partial charge on any atom is -0.299 e. The molecule has 1 saturated heterocycles. The van der Waals surface area contributed by atoms with E-state index in [1.54, 1.807) is 0 Å². The third kappa shape index (κ3) is 6.08. The minimum atomic E-state index is 0.874. The maximum Gasteiger partial charge on any atom is 0.0346 e. The first-order valence-electron chi connectivity index (χ1n) is 9.79. The molecule has 27 heavy (non-hydrogen) atoms. The Labute approximate surface area is 168 Å². The number of likely N-dealkylation sites (tertiary alicyclic amines) is 1. The van der Waals surface area contributed by atoms with Crippen LogP contribution in [-0.4, -0.2) is 29.2 Å². The lowest BCUT2D eigenvalue weighted by atomic mass is 10.00. The number of piperidine rings is 1. The summed E-state index contributed by atoms with van der Waals surface area (Å²) in [7, 11) is 0. The number of thioether (sulfide) groups is 1. The molecule has 1 fully saturated rings. The van der Waals surface area contributed by atoms with Crippen molar-refractivity contribution in [2.45, 2.75) is 38.1 Å². The summed E-state index contributed by atoms with van der Waals surface area (Å²) in [4.78, 5) is 7.99. The van der Waals surface area contributed by atoms with E-state index >= 15 is 0 Å². The highest BCUT2D eigenvalue weighted by Gasteiger charge is 2.15. The Morgan fingerprint density at radius 1 is 1.07 bits per heavy atom. The Morgan fingerprint density at radius 3 is 2.63 bits per heavy atom. The summed E-state index contributed by atoms with van der Waals surface area (Å²) in [5.41, 5.74) is 2.75. The van der Waals surface area contributed by atoms with Crippen LogP contribution in [0.25, 0.3) is 10.8 Å². The largest absolute Gasteiger partial charge is 0.299 e. The van der Waals surface area contributed by atoms with Crippen LogP contribution < -0.4 is 0 Å². The van der Waals surface area contributed by atoms with Gasteiger partial charge >= 0.3 is 0 Å². The van der Waals surface area contributed by atoms with E-state index in [0.29, 0.717) is 0 Å². The summed E-state index contributed by atoms with van der Waals surface area (Å²) in [6.07, 6.45) is 8.60. The number of benzene rings is 2. The summed E-state index contributed by atoms with van der Waals surface area (Å²) < 4.78 is 0. The summed E-state index contributed by atoms with van der Waals surface area (Å²) >= 11 is 1.81. The fourth-order valence-corrected chi connectivity index (χ4v) is 4.03. The number of rotatable bonds is 3. The van der Waals surface area contributed by atoms with Gasteiger partial charge in [0.2, 0.25) is 0 Å². The van der Waals surface area contributed by atoms with Gasteiger partial charge in [-0.15, -0.1) is 11.8 Å². The second-order valence-electron chi connectivity index (χ2n) is 7.56. The number of aryl methyl sites for hydroxylation is 1. The average molecular weight is 379 g/mol. The van der Waals surface area contributed by atoms with E-state index in [1.165, 1.54) is 52.7 Å². The van der Waals surface area contributed by atoms with Crippen LogP contribution in [0.1, 0.15) is 30.9 Å². The topological polar surface area (TPSA) is 16.1 Å². The van der Waals surface area contributed by atoms with Crippen molar-refractivity contribution in [1.82, 2.24) is 9.88 Å². The zero-order chi connectivity index (χ0) is 19.1. The molecule has 3 aromatic rings. The van der Waals surface area contributed by atoms with Crippen molar-refractivity contribution in [3.63, 3.8) is 0 Å². The zero-order valence-electron chi connectivity index (χ0n) is 16.7. The molecule has 1 aromatic heterocycles. The Kier molecular flexibility index (Phi) is 7.31. The number of nitrogens with zero attached hydrogens (tertiary/aromatic N) is 2. The highest BCUT2D eigenvalue weighted by molar-refractivity contribution is 7.98. The second kappa shape index (κ2) is 9.91. The van der Waals surface area contributed by atoms with E-state index in [1.807, 2.05) is 30.2 Å². The summed E-state index contributed by atoms with van der Waals surface area (Å²) in [5.74, 6) is 0.874. The van der Waals surface area contributed by atoms with Crippen molar-refractivity contribution in [1.29, 1.82) is 0 Å². The smallest absolute Gasteiger partial charge is 0.0346 e. The first-order chi connectivity index (χ1) is 13.1. The van der Waals surface area contributed by atoms with E-state index in [9.17, 15) is 0 Å². The molecule has 1 aliphatic rings. The predicted octanol–water partition coefficient (Wildman–Crippen LogP) is 6.18. The normalized spacial score (nSPS) is 17.4. The molecule has 1 aliphatic heterocycles. The Bertz CT molecular complexity index is 844. The molecule has 0 aliphatic carbocycles. The van der Waals surface area contributed by atoms with Crippen LogP contribution in [0.2, 0.25) is 0 Å². The lowest BCUT2D eigenvalue weighted by Gasteiger charge is -2.30. The number of aromatic nitrogens is 1. The van der Waals surface area contributed by atoms with E-state index in [4.69, 9.17) is 0 Å². The molecule has 0 bridgehead atoms. The maximum atomic E-state index is 4.04. The van der Waals surface area contributed by atoms with Gasteiger partial charge in [0.05, 0.1) is 0 Å². The molecule has 0 radical (unpaired) electrons. The van der Waals surface area contributed by atoms with Crippen molar-refractivity contribution < 1.29 is 0 Å². The van der Waals surface area contributed by atoms with Crippen molar-refractivity contribution in [3.05, 3.63) is 72.1 Å². The van der Waals surface area contributed by atoms with Crippen molar-refractivity contribution in [2.75, 3.05) is 19.3 Å². The van der Waals surface area contributed by atoms with Gasteiger partial charge in [-0.25, -0.2) is 0 Å². The molecule has 0 N–H and O–H groups in total. The van der Waals surface area contributed by atoms with Gasteiger partial charge in [-0.2, -0.15) is 0 Å². The molecule has 2 heterocycles. The highest BCUT2D eigenvalue weighted by Crippen LogP contribution is 2.20. The van der Waals surface area contributed by atoms with Crippen LogP contribution in [0.15, 0.2) is 65.8 Å². The first kappa shape index (κ1) is 19.9. The molecule has 4 rings (SSSR count). The summed E-state index contributed by atoms with van der Waals surface area (Å²) in [6, 6.07) is 17.4. The molecule has 0 unspecified atom stereocenters. The van der Waals surface area contributed by atoms with Crippen LogP contribution in [0.4, 0.5) is 0 Å². The monoisotopic (exact) mass is 378 g/mol. The van der Waals surface area contributed by atoms with Gasteiger partial charge in [-0.3, -0.25) is 9.88 Å². The van der Waals surface area contributed by atoms with Crippen LogP contribution in [-0.2, 0) is 6.54 Å². The molecular weight excluding hydrogens is 348 g/mol. The first-order valence-corrected chi connectivity index (χ1v) is 11.0. The van der Waals surface area contributed by atoms with Gasteiger partial charge in [-0.05, 0) is 67.6 Å². The molecule has 1 atom stereocenters. The van der Waals surface area contributed by atoms with Gasteiger partial charge in [0, 0.05) is 35.8 Å². The van der Waals surface area contributed by atoms with E-state index in [0.717, 1.165) is 12.5 Å². The van der Waals surface area contributed by atoms with E-state index in [2.05, 4.69) is 72.5 Å². The molecule has 2 nitrogen and oxygen atoms in total. The molecule has 0 spiro atoms. The van der Waals surface area contributed by atoms with Gasteiger partial charge in [0.15, 0.2) is 0 Å². The SMILES string of the molecule is CSc1ccc(CN2CCC[C@@H](C)C2)cc1.Cc1ccc2cnccc2c1. The Morgan fingerprint density at radius 2 is 1.89 bits per heavy atom. The van der Waals surface area contributed by atoms with Crippen molar-refractivity contribution in [2.24, 2.45) is 5.92 Å². The number of hydrogen-bond acceptors (Lipinski definition) is 3. The average Bonchev–Trinajstić information content (AvgIpc) is 2.69. The van der Waals surface area contributed by atoms with Gasteiger partial charge < -0.3 is 0 Å². The minimum absolute atomic E-state index is 0.874. The zero-order valence-corrected chi connectivity index (χ0v) is 17.5. The molecular formula is C24H30N2S. The third-order valence-corrected chi connectivity index (χ3v) is 5.85. The van der Waals surface area contributed by atoms with Crippen LogP contribution in [0.5, 0.6) is 0 Å². The summed E-state index contributed by atoms with van der Waals surface area (Å²) in [6.45, 7) is 8.13. The van der Waals surface area contributed by atoms with Gasteiger partial charge in [-0.1, -0.05) is 42.8 Å². The maximum absolute atomic E-state index is 4.04. The predicted molar refractivity (Wildman–Crippen MR) is 118 cm³/mol. The molecule has 142 valence electrons. The standard InChI is InChI=1S/C14H21NS.C10H9N/c1-12-4-3-9-15(10-12)11-13-5-7-14(16-2)8-6-13;1-8-2-3-10-7-11-5-4-9(10)6-8/h5-8,12H,3-4,9-11H2,1-2H3;2-7H,1H3/t12-;/m1./s1.